The lowest BCUT2D eigenvalue weighted by Gasteiger charge is -1.97. The van der Waals surface area contributed by atoms with Crippen LogP contribution >= 0.6 is 8.03 Å². The zero-order chi connectivity index (χ0) is 10.2. The van der Waals surface area contributed by atoms with E-state index in [0.29, 0.717) is 12.9 Å². The topological polar surface area (TPSA) is 38.3 Å². The van der Waals surface area contributed by atoms with Crippen LogP contribution in [-0.4, -0.2) is 12.9 Å². The zero-order valence-corrected chi connectivity index (χ0v) is 9.17. The van der Waals surface area contributed by atoms with Crippen molar-refractivity contribution in [1.82, 2.24) is 5.32 Å². The summed E-state index contributed by atoms with van der Waals surface area (Å²) in [5.74, 6) is 0. The van der Waals surface area contributed by atoms with Crippen molar-refractivity contribution >= 4 is 8.03 Å². The largest absolute Gasteiger partial charge is 0.523 e. The van der Waals surface area contributed by atoms with Crippen molar-refractivity contribution in [2.45, 2.75) is 13.5 Å². The first-order valence-electron chi connectivity index (χ1n) is 4.65. The second kappa shape index (κ2) is 6.66. The molecule has 0 aromatic heterocycles. The van der Waals surface area contributed by atoms with E-state index in [1.165, 1.54) is 5.56 Å². The molecule has 0 bridgehead atoms. The van der Waals surface area contributed by atoms with Crippen LogP contribution in [0.3, 0.4) is 0 Å². The molecule has 76 valence electrons. The van der Waals surface area contributed by atoms with Crippen molar-refractivity contribution in [2.75, 3.05) is 12.9 Å². The molecule has 0 aliphatic carbocycles. The molecule has 0 aliphatic rings. The summed E-state index contributed by atoms with van der Waals surface area (Å²) in [6.07, 6.45) is 0.415. The van der Waals surface area contributed by atoms with Gasteiger partial charge in [0.05, 0.1) is 6.61 Å². The fourth-order valence-corrected chi connectivity index (χ4v) is 1.75. The molecule has 14 heavy (non-hydrogen) atoms. The van der Waals surface area contributed by atoms with Crippen LogP contribution in [0, 0.1) is 0 Å². The molecule has 1 atom stereocenters. The average molecular weight is 212 g/mol. The van der Waals surface area contributed by atoms with Gasteiger partial charge in [-0.1, -0.05) is 30.3 Å². The summed E-state index contributed by atoms with van der Waals surface area (Å²) in [7, 11) is -1.54. The van der Waals surface area contributed by atoms with E-state index in [2.05, 4.69) is 5.32 Å². The van der Waals surface area contributed by atoms with Gasteiger partial charge < -0.3 is 0 Å². The van der Waals surface area contributed by atoms with Gasteiger partial charge >= 0.3 is 8.03 Å². The third-order valence-electron chi connectivity index (χ3n) is 1.69. The fourth-order valence-electron chi connectivity index (χ4n) is 1.08. The number of benzene rings is 1. The van der Waals surface area contributed by atoms with Gasteiger partial charge in [0, 0.05) is 6.54 Å². The fraction of sp³-hybridized carbons (Fsp3) is 0.400. The molecule has 0 heterocycles. The van der Waals surface area contributed by atoms with E-state index < -0.39 is 8.03 Å². The zero-order valence-electron chi connectivity index (χ0n) is 8.27. The maximum absolute atomic E-state index is 11.1. The molecular formula is C10H15NO2P+. The molecule has 0 fully saturated rings. The normalized spacial score (nSPS) is 11.4. The Hall–Kier alpha value is -0.760. The molecule has 0 saturated carbocycles. The predicted molar refractivity (Wildman–Crippen MR) is 57.4 cm³/mol. The van der Waals surface area contributed by atoms with E-state index in [4.69, 9.17) is 4.52 Å². The Bertz CT molecular complexity index is 277. The molecule has 4 heteroatoms. The lowest BCUT2D eigenvalue weighted by Crippen LogP contribution is -2.12. The number of nitrogens with one attached hydrogen (secondary N) is 1. The minimum Gasteiger partial charge on any atom is -0.270 e. The molecule has 0 radical (unpaired) electrons. The molecule has 0 spiro atoms. The van der Waals surface area contributed by atoms with Crippen LogP contribution in [0.15, 0.2) is 30.3 Å². The van der Waals surface area contributed by atoms with Crippen LogP contribution < -0.4 is 5.32 Å². The minimum absolute atomic E-state index is 0.415. The summed E-state index contributed by atoms with van der Waals surface area (Å²) in [6.45, 7) is 3.07. The van der Waals surface area contributed by atoms with E-state index in [0.717, 1.165) is 6.54 Å². The lowest BCUT2D eigenvalue weighted by atomic mass is 10.2. The van der Waals surface area contributed by atoms with Gasteiger partial charge in [-0.3, -0.25) is 5.32 Å². The molecule has 1 N–H and O–H groups in total. The van der Waals surface area contributed by atoms with E-state index in [9.17, 15) is 4.57 Å². The van der Waals surface area contributed by atoms with Crippen molar-refractivity contribution in [3.63, 3.8) is 0 Å². The number of rotatable bonds is 6. The van der Waals surface area contributed by atoms with Gasteiger partial charge in [0.2, 0.25) is 6.29 Å². The van der Waals surface area contributed by atoms with Gasteiger partial charge in [-0.2, -0.15) is 0 Å². The van der Waals surface area contributed by atoms with Gasteiger partial charge in [0.1, 0.15) is 0 Å². The Kier molecular flexibility index (Phi) is 5.38. The summed E-state index contributed by atoms with van der Waals surface area (Å²) >= 11 is 0. The highest BCUT2D eigenvalue weighted by Crippen LogP contribution is 2.18. The van der Waals surface area contributed by atoms with E-state index in [1.807, 2.05) is 37.3 Å². The van der Waals surface area contributed by atoms with Crippen LogP contribution in [0.1, 0.15) is 12.5 Å². The molecule has 1 aromatic rings. The van der Waals surface area contributed by atoms with Gasteiger partial charge in [-0.25, -0.2) is 0 Å². The monoisotopic (exact) mass is 212 g/mol. The second-order valence-electron chi connectivity index (χ2n) is 2.82. The van der Waals surface area contributed by atoms with Crippen LogP contribution in [0.5, 0.6) is 0 Å². The van der Waals surface area contributed by atoms with Crippen LogP contribution in [0.2, 0.25) is 0 Å². The average Bonchev–Trinajstić information content (AvgIpc) is 2.20. The predicted octanol–water partition coefficient (Wildman–Crippen LogP) is 2.51. The summed E-state index contributed by atoms with van der Waals surface area (Å²) in [5, 5.41) is 3.08. The molecule has 0 aliphatic heterocycles. The van der Waals surface area contributed by atoms with Crippen molar-refractivity contribution in [3.05, 3.63) is 35.9 Å². The Labute approximate surface area is 85.3 Å². The standard InChI is InChI=1S/C10H15NO2P/c1-2-13-14(12)9-11-8-10-6-4-3-5-7-10/h3-7,11H,2,8-9H2,1H3/q+1. The molecular weight excluding hydrogens is 197 g/mol. The third kappa shape index (κ3) is 4.47. The molecule has 1 rings (SSSR count). The first kappa shape index (κ1) is 11.3. The summed E-state index contributed by atoms with van der Waals surface area (Å²) in [5.41, 5.74) is 1.19. The van der Waals surface area contributed by atoms with Gasteiger partial charge in [-0.05, 0) is 17.1 Å². The molecule has 3 nitrogen and oxygen atoms in total. The van der Waals surface area contributed by atoms with E-state index >= 15 is 0 Å². The smallest absolute Gasteiger partial charge is 0.270 e. The maximum atomic E-state index is 11.1. The van der Waals surface area contributed by atoms with E-state index in [-0.39, 0.29) is 0 Å². The Balaban J connectivity index is 2.19. The molecule has 0 amide bonds. The van der Waals surface area contributed by atoms with Crippen LogP contribution in [0.4, 0.5) is 0 Å². The lowest BCUT2D eigenvalue weighted by molar-refractivity contribution is 0.348. The molecule has 1 unspecified atom stereocenters. The first-order chi connectivity index (χ1) is 6.83. The maximum Gasteiger partial charge on any atom is 0.523 e. The van der Waals surface area contributed by atoms with Gasteiger partial charge in [0.15, 0.2) is 0 Å². The van der Waals surface area contributed by atoms with Crippen molar-refractivity contribution < 1.29 is 9.09 Å². The number of hydrogen-bond donors (Lipinski definition) is 1. The van der Waals surface area contributed by atoms with Crippen molar-refractivity contribution in [1.29, 1.82) is 0 Å². The van der Waals surface area contributed by atoms with Gasteiger partial charge in [0.25, 0.3) is 0 Å². The highest BCUT2D eigenvalue weighted by molar-refractivity contribution is 7.39. The quantitative estimate of drug-likeness (QED) is 0.736. The number of hydrogen-bond acceptors (Lipinski definition) is 3. The van der Waals surface area contributed by atoms with Crippen molar-refractivity contribution in [2.24, 2.45) is 0 Å². The first-order valence-corrected chi connectivity index (χ1v) is 6.01. The summed E-state index contributed by atoms with van der Waals surface area (Å²) < 4.78 is 16.0. The van der Waals surface area contributed by atoms with Crippen LogP contribution in [-0.2, 0) is 15.6 Å². The third-order valence-corrected chi connectivity index (χ3v) is 2.71. The van der Waals surface area contributed by atoms with E-state index in [1.54, 1.807) is 0 Å². The highest BCUT2D eigenvalue weighted by atomic mass is 31.1. The van der Waals surface area contributed by atoms with Crippen molar-refractivity contribution in [3.8, 4) is 0 Å². The minimum atomic E-state index is -1.54. The molecule has 0 saturated heterocycles. The SMILES string of the molecule is CCO[P+](=O)CNCc1ccccc1. The summed E-state index contributed by atoms with van der Waals surface area (Å²) in [6, 6.07) is 10.0. The second-order valence-corrected chi connectivity index (χ2v) is 4.06. The Morgan fingerprint density at radius 1 is 1.36 bits per heavy atom. The Morgan fingerprint density at radius 3 is 2.71 bits per heavy atom. The highest BCUT2D eigenvalue weighted by Gasteiger charge is 2.14. The Morgan fingerprint density at radius 2 is 2.07 bits per heavy atom. The van der Waals surface area contributed by atoms with Gasteiger partial charge in [-0.15, -0.1) is 4.52 Å². The van der Waals surface area contributed by atoms with Crippen LogP contribution in [0.25, 0.3) is 0 Å². The molecule has 1 aromatic carbocycles. The summed E-state index contributed by atoms with van der Waals surface area (Å²) in [4.78, 5) is 0.